The average Bonchev–Trinajstić information content (AvgIpc) is 2.76. The fraction of sp³-hybridized carbons (Fsp3) is 0.571. The lowest BCUT2D eigenvalue weighted by molar-refractivity contribution is 0.362. The second kappa shape index (κ2) is 5.95. The van der Waals surface area contributed by atoms with Crippen molar-refractivity contribution >= 4 is 22.0 Å². The summed E-state index contributed by atoms with van der Waals surface area (Å²) in [6.07, 6.45) is 6.48. The van der Waals surface area contributed by atoms with E-state index in [4.69, 9.17) is 11.0 Å². The van der Waals surface area contributed by atoms with E-state index >= 15 is 0 Å². The number of nitrogens with two attached hydrogens (primary N) is 1. The van der Waals surface area contributed by atoms with Crippen molar-refractivity contribution in [2.45, 2.75) is 32.1 Å². The minimum absolute atomic E-state index is 0.334. The monoisotopic (exact) mass is 274 g/mol. The first-order valence-corrected chi connectivity index (χ1v) is 7.42. The highest BCUT2D eigenvalue weighted by atomic mass is 32.1. The van der Waals surface area contributed by atoms with Crippen LogP contribution >= 0.6 is 11.3 Å². The molecule has 2 rings (SSSR count). The Labute approximate surface area is 118 Å². The smallest absolute Gasteiger partial charge is 0.131 e. The molecule has 0 bridgehead atoms. The molecule has 1 heterocycles. The van der Waals surface area contributed by atoms with Gasteiger partial charge in [-0.15, -0.1) is 11.3 Å². The molecule has 0 atom stereocenters. The molecule has 1 aromatic rings. The van der Waals surface area contributed by atoms with Crippen LogP contribution in [0.4, 0.5) is 10.7 Å². The van der Waals surface area contributed by atoms with Crippen LogP contribution in [0.5, 0.6) is 0 Å². The second-order valence-corrected chi connectivity index (χ2v) is 6.13. The molecular weight excluding hydrogens is 256 g/mol. The third kappa shape index (κ3) is 2.83. The molecule has 4 nitrogen and oxygen atoms in total. The van der Waals surface area contributed by atoms with Gasteiger partial charge in [-0.05, 0) is 18.8 Å². The van der Waals surface area contributed by atoms with Gasteiger partial charge in [-0.25, -0.2) is 0 Å². The van der Waals surface area contributed by atoms with Crippen molar-refractivity contribution < 1.29 is 0 Å². The van der Waals surface area contributed by atoms with Crippen molar-refractivity contribution in [2.24, 2.45) is 5.92 Å². The molecule has 0 saturated heterocycles. The Morgan fingerprint density at radius 3 is 2.53 bits per heavy atom. The summed E-state index contributed by atoms with van der Waals surface area (Å²) in [4.78, 5) is 2.54. The van der Waals surface area contributed by atoms with E-state index < -0.39 is 0 Å². The molecule has 2 N–H and O–H groups in total. The molecule has 1 aromatic heterocycles. The number of nitriles is 2. The molecule has 100 valence electrons. The van der Waals surface area contributed by atoms with Gasteiger partial charge in [0.05, 0.1) is 5.69 Å². The van der Waals surface area contributed by atoms with Crippen molar-refractivity contribution in [1.29, 1.82) is 10.5 Å². The topological polar surface area (TPSA) is 76.8 Å². The fourth-order valence-corrected chi connectivity index (χ4v) is 3.67. The molecule has 1 fully saturated rings. The number of nitrogens with zero attached hydrogens (tertiary/aromatic N) is 3. The molecule has 1 aliphatic rings. The van der Waals surface area contributed by atoms with E-state index in [-0.39, 0.29) is 0 Å². The van der Waals surface area contributed by atoms with Crippen LogP contribution in [0.15, 0.2) is 0 Å². The van der Waals surface area contributed by atoms with Crippen molar-refractivity contribution in [3.8, 4) is 12.1 Å². The van der Waals surface area contributed by atoms with Gasteiger partial charge in [0.15, 0.2) is 0 Å². The van der Waals surface area contributed by atoms with E-state index in [1.807, 2.05) is 7.05 Å². The summed E-state index contributed by atoms with van der Waals surface area (Å²) in [7, 11) is 1.99. The largest absolute Gasteiger partial charge is 0.396 e. The molecular formula is C14H18N4S. The summed E-state index contributed by atoms with van der Waals surface area (Å²) >= 11 is 1.32. The lowest BCUT2D eigenvalue weighted by Gasteiger charge is -2.27. The van der Waals surface area contributed by atoms with Crippen LogP contribution in [0.25, 0.3) is 0 Å². The van der Waals surface area contributed by atoms with Crippen molar-refractivity contribution in [3.05, 3.63) is 10.4 Å². The van der Waals surface area contributed by atoms with Crippen LogP contribution in [0, 0.1) is 28.6 Å². The van der Waals surface area contributed by atoms with Crippen LogP contribution in [0.2, 0.25) is 0 Å². The highest BCUT2D eigenvalue weighted by Gasteiger charge is 2.21. The Morgan fingerprint density at radius 1 is 1.26 bits per heavy atom. The molecule has 19 heavy (non-hydrogen) atoms. The van der Waals surface area contributed by atoms with Gasteiger partial charge in [0.1, 0.15) is 27.6 Å². The summed E-state index contributed by atoms with van der Waals surface area (Å²) in [6.45, 7) is 0.944. The van der Waals surface area contributed by atoms with Crippen molar-refractivity contribution in [1.82, 2.24) is 0 Å². The predicted molar refractivity (Wildman–Crippen MR) is 78.0 cm³/mol. The van der Waals surface area contributed by atoms with Gasteiger partial charge in [-0.3, -0.25) is 0 Å². The number of nitrogen functional groups attached to an aromatic ring is 1. The van der Waals surface area contributed by atoms with Crippen LogP contribution in [-0.4, -0.2) is 13.6 Å². The zero-order valence-electron chi connectivity index (χ0n) is 11.1. The SMILES string of the molecule is CN(CC1CCCCC1)c1sc(C#N)c(N)c1C#N. The van der Waals surface area contributed by atoms with E-state index in [0.29, 0.717) is 22.0 Å². The van der Waals surface area contributed by atoms with Gasteiger partial charge in [0.25, 0.3) is 0 Å². The van der Waals surface area contributed by atoms with Crippen molar-refractivity contribution in [3.63, 3.8) is 0 Å². The van der Waals surface area contributed by atoms with Gasteiger partial charge in [-0.2, -0.15) is 10.5 Å². The standard InChI is InChI=1S/C14H18N4S/c1-18(9-10-5-3-2-4-6-10)14-11(7-15)13(17)12(8-16)19-14/h10H,2-6,9,17H2,1H3. The van der Waals surface area contributed by atoms with Gasteiger partial charge in [-0.1, -0.05) is 19.3 Å². The minimum Gasteiger partial charge on any atom is -0.396 e. The Hall–Kier alpha value is -1.72. The maximum Gasteiger partial charge on any atom is 0.131 e. The lowest BCUT2D eigenvalue weighted by Crippen LogP contribution is -2.26. The van der Waals surface area contributed by atoms with Crippen molar-refractivity contribution in [2.75, 3.05) is 24.2 Å². The van der Waals surface area contributed by atoms with Crippen LogP contribution < -0.4 is 10.6 Å². The Bertz CT molecular complexity index is 529. The lowest BCUT2D eigenvalue weighted by atomic mass is 9.89. The third-order valence-electron chi connectivity index (χ3n) is 3.74. The highest BCUT2D eigenvalue weighted by molar-refractivity contribution is 7.17. The number of hydrogen-bond donors (Lipinski definition) is 1. The maximum absolute atomic E-state index is 9.20. The summed E-state index contributed by atoms with van der Waals surface area (Å²) in [5.41, 5.74) is 6.63. The Kier molecular flexibility index (Phi) is 4.29. The number of anilines is 2. The molecule has 0 aromatic carbocycles. The summed E-state index contributed by atoms with van der Waals surface area (Å²) < 4.78 is 0. The second-order valence-electron chi connectivity index (χ2n) is 5.13. The molecule has 0 radical (unpaired) electrons. The summed E-state index contributed by atoms with van der Waals surface area (Å²) in [6, 6.07) is 4.19. The molecule has 1 aliphatic carbocycles. The molecule has 0 spiro atoms. The maximum atomic E-state index is 9.20. The number of rotatable bonds is 3. The predicted octanol–water partition coefficient (Wildman–Crippen LogP) is 3.09. The van der Waals surface area contributed by atoms with Gasteiger partial charge in [0, 0.05) is 13.6 Å². The van der Waals surface area contributed by atoms with E-state index in [9.17, 15) is 5.26 Å². The third-order valence-corrected chi connectivity index (χ3v) is 4.97. The van der Waals surface area contributed by atoms with Gasteiger partial charge >= 0.3 is 0 Å². The van der Waals surface area contributed by atoms with E-state index in [2.05, 4.69) is 17.0 Å². The van der Waals surface area contributed by atoms with E-state index in [1.54, 1.807) is 0 Å². The number of thiophene rings is 1. The van der Waals surface area contributed by atoms with Crippen LogP contribution in [0.1, 0.15) is 42.5 Å². The van der Waals surface area contributed by atoms with Gasteiger partial charge in [0.2, 0.25) is 0 Å². The summed E-state index contributed by atoms with van der Waals surface area (Å²) in [5.74, 6) is 0.694. The Balaban J connectivity index is 2.17. The zero-order chi connectivity index (χ0) is 13.8. The first kappa shape index (κ1) is 13.7. The van der Waals surface area contributed by atoms with Gasteiger partial charge < -0.3 is 10.6 Å². The first-order valence-electron chi connectivity index (χ1n) is 6.61. The molecule has 0 unspecified atom stereocenters. The van der Waals surface area contributed by atoms with E-state index in [1.165, 1.54) is 43.4 Å². The first-order chi connectivity index (χ1) is 9.17. The molecule has 5 heteroatoms. The fourth-order valence-electron chi connectivity index (χ4n) is 2.73. The van der Waals surface area contributed by atoms with E-state index in [0.717, 1.165) is 11.5 Å². The molecule has 0 amide bonds. The summed E-state index contributed by atoms with van der Waals surface area (Å²) in [5, 5.41) is 19.0. The van der Waals surface area contributed by atoms with Crippen LogP contribution in [0.3, 0.4) is 0 Å². The normalized spacial score (nSPS) is 15.7. The Morgan fingerprint density at radius 2 is 1.95 bits per heavy atom. The highest BCUT2D eigenvalue weighted by Crippen LogP contribution is 2.37. The average molecular weight is 274 g/mol. The minimum atomic E-state index is 0.334. The quantitative estimate of drug-likeness (QED) is 0.918. The zero-order valence-corrected chi connectivity index (χ0v) is 12.0. The number of hydrogen-bond acceptors (Lipinski definition) is 5. The molecule has 0 aliphatic heterocycles. The molecule has 1 saturated carbocycles. The van der Waals surface area contributed by atoms with Crippen LogP contribution in [-0.2, 0) is 0 Å².